The van der Waals surface area contributed by atoms with Crippen LogP contribution >= 0.6 is 0 Å². The van der Waals surface area contributed by atoms with Crippen LogP contribution in [0.1, 0.15) is 29.8 Å². The highest BCUT2D eigenvalue weighted by Crippen LogP contribution is 2.22. The fourth-order valence-electron chi connectivity index (χ4n) is 2.78. The standard InChI is InChI=1S/C16H19N3O2/c17-11-13-8-4-5-9-19(13)16(20)15-10-14(18-21-15)12-6-2-1-3-7-12/h1-3,6-7,10,13H,4-5,8-9,11,17H2. The second-order valence-electron chi connectivity index (χ2n) is 5.33. The Labute approximate surface area is 123 Å². The van der Waals surface area contributed by atoms with Crippen LogP contribution in [0.5, 0.6) is 0 Å². The maximum atomic E-state index is 12.6. The zero-order valence-electron chi connectivity index (χ0n) is 11.9. The quantitative estimate of drug-likeness (QED) is 0.939. The van der Waals surface area contributed by atoms with Crippen molar-refractivity contribution in [1.29, 1.82) is 0 Å². The Morgan fingerprint density at radius 3 is 2.90 bits per heavy atom. The Morgan fingerprint density at radius 1 is 1.33 bits per heavy atom. The minimum atomic E-state index is -0.111. The third-order valence-corrected chi connectivity index (χ3v) is 3.95. The van der Waals surface area contributed by atoms with Gasteiger partial charge in [-0.2, -0.15) is 0 Å². The van der Waals surface area contributed by atoms with Crippen LogP contribution in [0, 0.1) is 0 Å². The molecule has 0 aliphatic carbocycles. The van der Waals surface area contributed by atoms with E-state index in [9.17, 15) is 4.79 Å². The van der Waals surface area contributed by atoms with Crippen LogP contribution < -0.4 is 5.73 Å². The van der Waals surface area contributed by atoms with E-state index in [2.05, 4.69) is 5.16 Å². The number of carbonyl (C=O) groups is 1. The zero-order chi connectivity index (χ0) is 14.7. The molecule has 0 spiro atoms. The van der Waals surface area contributed by atoms with Crippen LogP contribution in [0.25, 0.3) is 11.3 Å². The van der Waals surface area contributed by atoms with E-state index in [-0.39, 0.29) is 17.7 Å². The molecule has 1 saturated heterocycles. The first-order chi connectivity index (χ1) is 10.3. The highest BCUT2D eigenvalue weighted by molar-refractivity contribution is 5.92. The SMILES string of the molecule is NCC1CCCCN1C(=O)c1cc(-c2ccccc2)no1. The topological polar surface area (TPSA) is 72.4 Å². The van der Waals surface area contributed by atoms with Gasteiger partial charge in [-0.1, -0.05) is 35.5 Å². The first-order valence-electron chi connectivity index (χ1n) is 7.33. The van der Waals surface area contributed by atoms with Crippen LogP contribution in [-0.2, 0) is 0 Å². The number of rotatable bonds is 3. The van der Waals surface area contributed by atoms with Crippen LogP contribution in [-0.4, -0.2) is 35.1 Å². The summed E-state index contributed by atoms with van der Waals surface area (Å²) in [6.45, 7) is 1.23. The molecule has 2 N–H and O–H groups in total. The minimum absolute atomic E-state index is 0.108. The molecule has 5 heteroatoms. The molecule has 2 heterocycles. The molecule has 0 saturated carbocycles. The molecule has 0 radical (unpaired) electrons. The molecule has 1 aromatic heterocycles. The highest BCUT2D eigenvalue weighted by Gasteiger charge is 2.28. The summed E-state index contributed by atoms with van der Waals surface area (Å²) in [5, 5.41) is 4.00. The van der Waals surface area contributed by atoms with E-state index >= 15 is 0 Å². The molecule has 1 amide bonds. The first-order valence-corrected chi connectivity index (χ1v) is 7.33. The second kappa shape index (κ2) is 6.10. The van der Waals surface area contributed by atoms with E-state index in [1.165, 1.54) is 0 Å². The van der Waals surface area contributed by atoms with Crippen molar-refractivity contribution in [3.8, 4) is 11.3 Å². The van der Waals surface area contributed by atoms with E-state index in [4.69, 9.17) is 10.3 Å². The van der Waals surface area contributed by atoms with Gasteiger partial charge in [0.15, 0.2) is 0 Å². The van der Waals surface area contributed by atoms with E-state index in [1.807, 2.05) is 35.2 Å². The molecule has 5 nitrogen and oxygen atoms in total. The number of nitrogens with two attached hydrogens (primary N) is 1. The predicted octanol–water partition coefficient (Wildman–Crippen LogP) is 2.29. The summed E-state index contributed by atoms with van der Waals surface area (Å²) in [5.74, 6) is 0.175. The number of hydrogen-bond donors (Lipinski definition) is 1. The van der Waals surface area contributed by atoms with Crippen molar-refractivity contribution in [3.05, 3.63) is 42.2 Å². The molecule has 3 rings (SSSR count). The summed E-state index contributed by atoms with van der Waals surface area (Å²) < 4.78 is 5.24. The number of hydrogen-bond acceptors (Lipinski definition) is 4. The lowest BCUT2D eigenvalue weighted by atomic mass is 10.0. The van der Waals surface area contributed by atoms with Gasteiger partial charge in [-0.3, -0.25) is 4.79 Å². The van der Waals surface area contributed by atoms with Gasteiger partial charge >= 0.3 is 0 Å². The molecular formula is C16H19N3O2. The summed E-state index contributed by atoms with van der Waals surface area (Å²) in [6.07, 6.45) is 3.10. The van der Waals surface area contributed by atoms with E-state index in [1.54, 1.807) is 6.07 Å². The summed E-state index contributed by atoms with van der Waals surface area (Å²) in [4.78, 5) is 14.4. The number of benzene rings is 1. The van der Waals surface area contributed by atoms with Crippen LogP contribution in [0.4, 0.5) is 0 Å². The summed E-state index contributed by atoms with van der Waals surface area (Å²) >= 11 is 0. The average molecular weight is 285 g/mol. The summed E-state index contributed by atoms with van der Waals surface area (Å²) in [7, 11) is 0. The molecule has 2 aromatic rings. The van der Waals surface area contributed by atoms with Crippen LogP contribution in [0.15, 0.2) is 40.9 Å². The van der Waals surface area contributed by atoms with Crippen molar-refractivity contribution in [2.45, 2.75) is 25.3 Å². The maximum Gasteiger partial charge on any atom is 0.292 e. The fraction of sp³-hybridized carbons (Fsp3) is 0.375. The first kappa shape index (κ1) is 13.8. The largest absolute Gasteiger partial charge is 0.350 e. The van der Waals surface area contributed by atoms with Crippen molar-refractivity contribution in [1.82, 2.24) is 10.1 Å². The highest BCUT2D eigenvalue weighted by atomic mass is 16.5. The molecule has 1 aromatic carbocycles. The molecule has 1 aliphatic rings. The number of aromatic nitrogens is 1. The van der Waals surface area contributed by atoms with Crippen LogP contribution in [0.2, 0.25) is 0 Å². The molecule has 1 unspecified atom stereocenters. The third-order valence-electron chi connectivity index (χ3n) is 3.95. The minimum Gasteiger partial charge on any atom is -0.350 e. The normalized spacial score (nSPS) is 18.7. The molecule has 1 atom stereocenters. The monoisotopic (exact) mass is 285 g/mol. The van der Waals surface area contributed by atoms with Crippen molar-refractivity contribution in [2.75, 3.05) is 13.1 Å². The van der Waals surface area contributed by atoms with Gasteiger partial charge < -0.3 is 15.2 Å². The Hall–Kier alpha value is -2.14. The lowest BCUT2D eigenvalue weighted by molar-refractivity contribution is 0.0581. The Bertz CT molecular complexity index is 609. The van der Waals surface area contributed by atoms with Gasteiger partial charge in [-0.15, -0.1) is 0 Å². The van der Waals surface area contributed by atoms with Gasteiger partial charge in [-0.25, -0.2) is 0 Å². The van der Waals surface area contributed by atoms with E-state index < -0.39 is 0 Å². The molecule has 21 heavy (non-hydrogen) atoms. The number of piperidine rings is 1. The number of nitrogens with zero attached hydrogens (tertiary/aromatic N) is 2. The molecule has 110 valence electrons. The lowest BCUT2D eigenvalue weighted by Crippen LogP contribution is -2.47. The zero-order valence-corrected chi connectivity index (χ0v) is 11.9. The van der Waals surface area contributed by atoms with Gasteiger partial charge in [0, 0.05) is 30.8 Å². The number of carbonyl (C=O) groups excluding carboxylic acids is 1. The fourth-order valence-corrected chi connectivity index (χ4v) is 2.78. The number of likely N-dealkylation sites (tertiary alicyclic amines) is 1. The van der Waals surface area contributed by atoms with Crippen molar-refractivity contribution >= 4 is 5.91 Å². The third kappa shape index (κ3) is 2.83. The molecule has 1 aliphatic heterocycles. The average Bonchev–Trinajstić information content (AvgIpc) is 3.05. The van der Waals surface area contributed by atoms with Gasteiger partial charge in [0.1, 0.15) is 5.69 Å². The molecule has 1 fully saturated rings. The van der Waals surface area contributed by atoms with Gasteiger partial charge in [-0.05, 0) is 19.3 Å². The molecular weight excluding hydrogens is 266 g/mol. The van der Waals surface area contributed by atoms with Crippen molar-refractivity contribution < 1.29 is 9.32 Å². The Kier molecular flexibility index (Phi) is 4.01. The lowest BCUT2D eigenvalue weighted by Gasteiger charge is -2.34. The van der Waals surface area contributed by atoms with Gasteiger partial charge in [0.25, 0.3) is 5.91 Å². The smallest absolute Gasteiger partial charge is 0.292 e. The Morgan fingerprint density at radius 2 is 2.14 bits per heavy atom. The van der Waals surface area contributed by atoms with Gasteiger partial charge in [0.2, 0.25) is 5.76 Å². The van der Waals surface area contributed by atoms with E-state index in [0.717, 1.165) is 31.4 Å². The molecule has 0 bridgehead atoms. The second-order valence-corrected chi connectivity index (χ2v) is 5.33. The maximum absolute atomic E-state index is 12.6. The van der Waals surface area contributed by atoms with Crippen molar-refractivity contribution in [3.63, 3.8) is 0 Å². The number of amides is 1. The van der Waals surface area contributed by atoms with Crippen molar-refractivity contribution in [2.24, 2.45) is 5.73 Å². The summed E-state index contributed by atoms with van der Waals surface area (Å²) in [6, 6.07) is 11.5. The van der Waals surface area contributed by atoms with E-state index in [0.29, 0.717) is 12.2 Å². The Balaban J connectivity index is 1.81. The summed E-state index contributed by atoms with van der Waals surface area (Å²) in [5.41, 5.74) is 7.39. The predicted molar refractivity (Wildman–Crippen MR) is 79.7 cm³/mol. The van der Waals surface area contributed by atoms with Gasteiger partial charge in [0.05, 0.1) is 0 Å². The van der Waals surface area contributed by atoms with Crippen LogP contribution in [0.3, 0.4) is 0 Å².